The molecule has 2 aliphatic rings. The number of benzene rings is 3. The normalized spacial score (nSPS) is 16.0. The van der Waals surface area contributed by atoms with Gasteiger partial charge in [-0.2, -0.15) is 0 Å². The van der Waals surface area contributed by atoms with E-state index in [4.69, 9.17) is 0 Å². The number of fused-ring (bicyclic) bond motifs is 3. The predicted octanol–water partition coefficient (Wildman–Crippen LogP) is 4.33. The van der Waals surface area contributed by atoms with Gasteiger partial charge in [0, 0.05) is 30.0 Å². The zero-order valence-electron chi connectivity index (χ0n) is 19.3. The summed E-state index contributed by atoms with van der Waals surface area (Å²) in [5.74, 6) is -0.314. The molecule has 37 heavy (non-hydrogen) atoms. The molecule has 0 aliphatic carbocycles. The van der Waals surface area contributed by atoms with Gasteiger partial charge in [0.15, 0.2) is 5.17 Å². The fourth-order valence-corrected chi connectivity index (χ4v) is 4.93. The summed E-state index contributed by atoms with van der Waals surface area (Å²) in [6, 6.07) is 18.4. The van der Waals surface area contributed by atoms with Crippen LogP contribution in [0.3, 0.4) is 0 Å². The van der Waals surface area contributed by atoms with Crippen LogP contribution >= 0.6 is 11.8 Å². The Hall–Kier alpha value is -4.38. The topological polar surface area (TPSA) is 117 Å². The van der Waals surface area contributed by atoms with Crippen LogP contribution < -0.4 is 5.32 Å². The zero-order valence-corrected chi connectivity index (χ0v) is 20.2. The monoisotopic (exact) mass is 517 g/mol. The van der Waals surface area contributed by atoms with Gasteiger partial charge in [0.25, 0.3) is 11.6 Å². The number of rotatable bonds is 7. The molecule has 5 rings (SSSR count). The maximum absolute atomic E-state index is 13.4. The lowest BCUT2D eigenvalue weighted by molar-refractivity contribution is -0.384. The van der Waals surface area contributed by atoms with E-state index in [-0.39, 0.29) is 36.3 Å². The zero-order chi connectivity index (χ0) is 25.9. The van der Waals surface area contributed by atoms with E-state index < -0.39 is 11.0 Å². The average Bonchev–Trinajstić information content (AvgIpc) is 3.23. The van der Waals surface area contributed by atoms with Crippen molar-refractivity contribution in [1.82, 2.24) is 10.2 Å². The smallest absolute Gasteiger partial charge is 0.269 e. The summed E-state index contributed by atoms with van der Waals surface area (Å²) in [6.07, 6.45) is -0.148. The van der Waals surface area contributed by atoms with Crippen molar-refractivity contribution in [3.8, 4) is 0 Å². The first-order valence-electron chi connectivity index (χ1n) is 11.4. The quantitative estimate of drug-likeness (QED) is 0.370. The molecule has 0 spiro atoms. The molecule has 0 fully saturated rings. The highest BCUT2D eigenvalue weighted by molar-refractivity contribution is 8.13. The molecule has 186 valence electrons. The van der Waals surface area contributed by atoms with E-state index in [0.29, 0.717) is 33.6 Å². The van der Waals surface area contributed by atoms with Crippen LogP contribution in [0.2, 0.25) is 0 Å². The van der Waals surface area contributed by atoms with Crippen LogP contribution in [0, 0.1) is 15.9 Å². The molecule has 2 heterocycles. The van der Waals surface area contributed by atoms with Crippen molar-refractivity contribution in [1.29, 1.82) is 0 Å². The van der Waals surface area contributed by atoms with Gasteiger partial charge in [-0.1, -0.05) is 48.2 Å². The summed E-state index contributed by atoms with van der Waals surface area (Å²) in [4.78, 5) is 47.3. The predicted molar refractivity (Wildman–Crippen MR) is 138 cm³/mol. The highest BCUT2D eigenvalue weighted by Gasteiger charge is 2.42. The van der Waals surface area contributed by atoms with Crippen molar-refractivity contribution >= 4 is 46.0 Å². The molecule has 0 aromatic heterocycles. The molecule has 3 aromatic carbocycles. The minimum atomic E-state index is -0.919. The van der Waals surface area contributed by atoms with Crippen LogP contribution in [0.15, 0.2) is 82.8 Å². The Morgan fingerprint density at radius 1 is 1.08 bits per heavy atom. The molecular weight excluding hydrogens is 497 g/mol. The van der Waals surface area contributed by atoms with Crippen molar-refractivity contribution < 1.29 is 18.9 Å². The highest BCUT2D eigenvalue weighted by Crippen LogP contribution is 2.35. The van der Waals surface area contributed by atoms with E-state index in [0.717, 1.165) is 5.56 Å². The first kappa shape index (κ1) is 24.3. The molecular formula is C26H20FN5O4S. The van der Waals surface area contributed by atoms with Crippen molar-refractivity contribution in [3.05, 3.63) is 105 Å². The minimum Gasteiger partial charge on any atom is -0.352 e. The number of halogens is 1. The molecule has 3 aromatic rings. The Bertz CT molecular complexity index is 1460. The maximum Gasteiger partial charge on any atom is 0.269 e. The second-order valence-electron chi connectivity index (χ2n) is 8.38. The van der Waals surface area contributed by atoms with Crippen molar-refractivity contribution in [2.24, 2.45) is 9.98 Å². The number of amidine groups is 2. The third-order valence-electron chi connectivity index (χ3n) is 5.82. The molecule has 9 nitrogen and oxygen atoms in total. The van der Waals surface area contributed by atoms with Crippen molar-refractivity contribution in [2.75, 3.05) is 0 Å². The van der Waals surface area contributed by atoms with Crippen LogP contribution in [0.4, 0.5) is 15.8 Å². The number of nitro benzene ring substituents is 1. The molecule has 1 N–H and O–H groups in total. The third kappa shape index (κ3) is 5.26. The van der Waals surface area contributed by atoms with Crippen molar-refractivity contribution in [2.45, 2.75) is 24.8 Å². The number of non-ortho nitro benzene ring substituents is 1. The number of nitro groups is 1. The van der Waals surface area contributed by atoms with Gasteiger partial charge in [0.2, 0.25) is 5.91 Å². The molecule has 1 unspecified atom stereocenters. The lowest BCUT2D eigenvalue weighted by Crippen LogP contribution is -2.42. The Kier molecular flexibility index (Phi) is 6.78. The van der Waals surface area contributed by atoms with E-state index in [1.165, 1.54) is 40.9 Å². The summed E-state index contributed by atoms with van der Waals surface area (Å²) in [6.45, 7) is 0.203. The minimum absolute atomic E-state index is 0.0137. The lowest BCUT2D eigenvalue weighted by Gasteiger charge is -2.25. The van der Waals surface area contributed by atoms with Crippen LogP contribution in [0.1, 0.15) is 23.1 Å². The largest absolute Gasteiger partial charge is 0.352 e. The van der Waals surface area contributed by atoms with Gasteiger partial charge in [-0.25, -0.2) is 14.3 Å². The highest BCUT2D eigenvalue weighted by atomic mass is 32.2. The number of thioether (sulfide) groups is 1. The number of nitrogens with one attached hydrogen (secondary N) is 1. The second-order valence-corrected chi connectivity index (χ2v) is 9.32. The number of amides is 2. The first-order chi connectivity index (χ1) is 17.9. The molecule has 2 amide bonds. The van der Waals surface area contributed by atoms with E-state index >= 15 is 0 Å². The van der Waals surface area contributed by atoms with Gasteiger partial charge in [0.1, 0.15) is 17.7 Å². The molecule has 0 bridgehead atoms. The van der Waals surface area contributed by atoms with E-state index in [1.54, 1.807) is 24.3 Å². The fourth-order valence-electron chi connectivity index (χ4n) is 3.99. The Balaban J connectivity index is 1.32. The van der Waals surface area contributed by atoms with Crippen molar-refractivity contribution in [3.63, 3.8) is 0 Å². The summed E-state index contributed by atoms with van der Waals surface area (Å²) in [7, 11) is 0. The Morgan fingerprint density at radius 2 is 1.86 bits per heavy atom. The maximum atomic E-state index is 13.4. The van der Waals surface area contributed by atoms with Gasteiger partial charge in [-0.3, -0.25) is 24.7 Å². The summed E-state index contributed by atoms with van der Waals surface area (Å²) in [5.41, 5.74) is 2.76. The van der Waals surface area contributed by atoms with Gasteiger partial charge < -0.3 is 5.32 Å². The van der Waals surface area contributed by atoms with Crippen LogP contribution in [-0.2, 0) is 21.9 Å². The number of hydrogen-bond donors (Lipinski definition) is 1. The average molecular weight is 518 g/mol. The number of aliphatic imine (C=N–C) groups is 2. The number of hydrogen-bond acceptors (Lipinski definition) is 7. The van der Waals surface area contributed by atoms with Crippen LogP contribution in [-0.4, -0.2) is 38.7 Å². The van der Waals surface area contributed by atoms with Gasteiger partial charge in [-0.05, 0) is 35.4 Å². The summed E-state index contributed by atoms with van der Waals surface area (Å²) in [5, 5.41) is 14.3. The number of carbonyl (C=O) groups excluding carboxylic acids is 2. The van der Waals surface area contributed by atoms with Crippen LogP contribution in [0.5, 0.6) is 0 Å². The molecule has 1 atom stereocenters. The first-order valence-corrected chi connectivity index (χ1v) is 12.3. The summed E-state index contributed by atoms with van der Waals surface area (Å²) < 4.78 is 13.1. The third-order valence-corrected chi connectivity index (χ3v) is 6.83. The van der Waals surface area contributed by atoms with Gasteiger partial charge in [-0.15, -0.1) is 0 Å². The van der Waals surface area contributed by atoms with Gasteiger partial charge in [0.05, 0.1) is 17.0 Å². The number of carbonyl (C=O) groups is 2. The van der Waals surface area contributed by atoms with E-state index in [9.17, 15) is 24.1 Å². The number of para-hydroxylation sites is 1. The summed E-state index contributed by atoms with van der Waals surface area (Å²) >= 11 is 1.26. The number of nitrogens with zero attached hydrogens (tertiary/aromatic N) is 4. The SMILES string of the molecule is O=C(CC1N=C2c3ccccc3N=C(SCc3cccc([N+](=O)[O-])c3)N2C1=O)NCc1ccc(F)cc1. The molecule has 0 saturated heterocycles. The molecule has 0 saturated carbocycles. The second kappa shape index (κ2) is 10.3. The van der Waals surface area contributed by atoms with E-state index in [1.807, 2.05) is 24.3 Å². The standard InChI is InChI=1S/C26H20FN5O4S/c27-18-10-8-16(9-11-18)14-28-23(33)13-22-25(34)31-24(29-22)20-6-1-2-7-21(20)30-26(31)37-15-17-4-3-5-19(12-17)32(35)36/h1-12,22H,13-15H2,(H,28,33). The molecule has 0 radical (unpaired) electrons. The molecule has 11 heteroatoms. The van der Waals surface area contributed by atoms with Gasteiger partial charge >= 0.3 is 0 Å². The molecule has 2 aliphatic heterocycles. The van der Waals surface area contributed by atoms with Crippen LogP contribution in [0.25, 0.3) is 0 Å². The Morgan fingerprint density at radius 3 is 2.65 bits per heavy atom. The Labute approximate surface area is 215 Å². The fraction of sp³-hybridized carbons (Fsp3) is 0.154. The van der Waals surface area contributed by atoms with E-state index in [2.05, 4.69) is 15.3 Å². The lowest BCUT2D eigenvalue weighted by atomic mass is 10.1.